The monoisotopic (exact) mass is 225 g/mol. The summed E-state index contributed by atoms with van der Waals surface area (Å²) >= 11 is 0. The van der Waals surface area contributed by atoms with Crippen LogP contribution >= 0.6 is 0 Å². The van der Waals surface area contributed by atoms with E-state index in [9.17, 15) is 0 Å². The van der Waals surface area contributed by atoms with Crippen molar-refractivity contribution in [2.75, 3.05) is 39.4 Å². The minimum absolute atomic E-state index is 0.0435. The van der Waals surface area contributed by atoms with Gasteiger partial charge < -0.3 is 15.0 Å². The molecule has 2 unspecified atom stereocenters. The molecule has 0 aromatic heterocycles. The second-order valence-corrected chi connectivity index (χ2v) is 4.21. The SMILES string of the molecule is CCN(CC)CCNC(C#N)C1CCOC1. The molecular weight excluding hydrogens is 202 g/mol. The van der Waals surface area contributed by atoms with Gasteiger partial charge >= 0.3 is 0 Å². The average Bonchev–Trinajstić information content (AvgIpc) is 2.83. The lowest BCUT2D eigenvalue weighted by Gasteiger charge is -2.21. The van der Waals surface area contributed by atoms with E-state index in [-0.39, 0.29) is 6.04 Å². The van der Waals surface area contributed by atoms with Crippen LogP contribution in [0.3, 0.4) is 0 Å². The van der Waals surface area contributed by atoms with Crippen molar-refractivity contribution in [3.63, 3.8) is 0 Å². The van der Waals surface area contributed by atoms with E-state index in [0.717, 1.165) is 45.8 Å². The summed E-state index contributed by atoms with van der Waals surface area (Å²) in [6.07, 6.45) is 1.01. The van der Waals surface area contributed by atoms with E-state index >= 15 is 0 Å². The van der Waals surface area contributed by atoms with Gasteiger partial charge in [-0.15, -0.1) is 0 Å². The Labute approximate surface area is 98.6 Å². The maximum atomic E-state index is 9.08. The maximum Gasteiger partial charge on any atom is 0.100 e. The van der Waals surface area contributed by atoms with Gasteiger partial charge in [-0.3, -0.25) is 0 Å². The van der Waals surface area contributed by atoms with Crippen LogP contribution in [0, 0.1) is 17.2 Å². The number of nitrogens with zero attached hydrogens (tertiary/aromatic N) is 2. The Balaban J connectivity index is 2.21. The van der Waals surface area contributed by atoms with Crippen LogP contribution in [0.4, 0.5) is 0 Å². The minimum atomic E-state index is -0.0435. The van der Waals surface area contributed by atoms with Crippen LogP contribution in [0.15, 0.2) is 0 Å². The molecule has 92 valence electrons. The van der Waals surface area contributed by atoms with Crippen molar-refractivity contribution < 1.29 is 4.74 Å². The number of nitriles is 1. The molecule has 0 bridgehead atoms. The van der Waals surface area contributed by atoms with Crippen LogP contribution in [-0.4, -0.2) is 50.3 Å². The third kappa shape index (κ3) is 4.09. The molecule has 0 aliphatic carbocycles. The lowest BCUT2D eigenvalue weighted by atomic mass is 10.0. The zero-order chi connectivity index (χ0) is 11.8. The fourth-order valence-electron chi connectivity index (χ4n) is 2.05. The number of likely N-dealkylation sites (N-methyl/N-ethyl adjacent to an activating group) is 1. The summed E-state index contributed by atoms with van der Waals surface area (Å²) in [5, 5.41) is 12.4. The first kappa shape index (κ1) is 13.4. The topological polar surface area (TPSA) is 48.3 Å². The van der Waals surface area contributed by atoms with Gasteiger partial charge in [0.25, 0.3) is 0 Å². The highest BCUT2D eigenvalue weighted by atomic mass is 16.5. The molecule has 4 heteroatoms. The summed E-state index contributed by atoms with van der Waals surface area (Å²) < 4.78 is 5.31. The van der Waals surface area contributed by atoms with Crippen molar-refractivity contribution in [1.82, 2.24) is 10.2 Å². The number of hydrogen-bond donors (Lipinski definition) is 1. The molecular formula is C12H23N3O. The third-order valence-corrected chi connectivity index (χ3v) is 3.26. The first-order valence-electron chi connectivity index (χ1n) is 6.24. The predicted molar refractivity (Wildman–Crippen MR) is 64.1 cm³/mol. The maximum absolute atomic E-state index is 9.08. The molecule has 16 heavy (non-hydrogen) atoms. The molecule has 4 nitrogen and oxygen atoms in total. The second kappa shape index (κ2) is 7.61. The third-order valence-electron chi connectivity index (χ3n) is 3.26. The molecule has 2 atom stereocenters. The highest BCUT2D eigenvalue weighted by Gasteiger charge is 2.24. The van der Waals surface area contributed by atoms with Gasteiger partial charge in [0, 0.05) is 25.6 Å². The van der Waals surface area contributed by atoms with Crippen LogP contribution in [0.1, 0.15) is 20.3 Å². The van der Waals surface area contributed by atoms with E-state index < -0.39 is 0 Å². The number of nitrogens with one attached hydrogen (secondary N) is 1. The molecule has 0 aromatic carbocycles. The van der Waals surface area contributed by atoms with Crippen molar-refractivity contribution in [2.24, 2.45) is 5.92 Å². The standard InChI is InChI=1S/C12H23N3O/c1-3-15(4-2)7-6-14-12(9-13)11-5-8-16-10-11/h11-12,14H,3-8,10H2,1-2H3. The fraction of sp³-hybridized carbons (Fsp3) is 0.917. The molecule has 0 spiro atoms. The van der Waals surface area contributed by atoms with Gasteiger partial charge in [0.05, 0.1) is 12.7 Å². The molecule has 1 aliphatic heterocycles. The van der Waals surface area contributed by atoms with E-state index in [2.05, 4.69) is 30.1 Å². The summed E-state index contributed by atoms with van der Waals surface area (Å²) in [6, 6.07) is 2.30. The Morgan fingerprint density at radius 2 is 2.25 bits per heavy atom. The fourth-order valence-corrected chi connectivity index (χ4v) is 2.05. The van der Waals surface area contributed by atoms with E-state index in [1.807, 2.05) is 0 Å². The molecule has 1 N–H and O–H groups in total. The smallest absolute Gasteiger partial charge is 0.100 e. The molecule has 1 aliphatic rings. The van der Waals surface area contributed by atoms with Gasteiger partial charge in [-0.2, -0.15) is 5.26 Å². The summed E-state index contributed by atoms with van der Waals surface area (Å²) in [5.74, 6) is 0.377. The zero-order valence-corrected chi connectivity index (χ0v) is 10.4. The van der Waals surface area contributed by atoms with E-state index in [4.69, 9.17) is 10.00 Å². The number of ether oxygens (including phenoxy) is 1. The number of hydrogen-bond acceptors (Lipinski definition) is 4. The van der Waals surface area contributed by atoms with Gasteiger partial charge in [-0.25, -0.2) is 0 Å². The quantitative estimate of drug-likeness (QED) is 0.698. The molecule has 0 saturated carbocycles. The number of rotatable bonds is 7. The van der Waals surface area contributed by atoms with Gasteiger partial charge in [-0.05, 0) is 19.5 Å². The van der Waals surface area contributed by atoms with E-state index in [0.29, 0.717) is 5.92 Å². The van der Waals surface area contributed by atoms with E-state index in [1.54, 1.807) is 0 Å². The van der Waals surface area contributed by atoms with Gasteiger partial charge in [0.2, 0.25) is 0 Å². The van der Waals surface area contributed by atoms with Crippen molar-refractivity contribution in [2.45, 2.75) is 26.3 Å². The minimum Gasteiger partial charge on any atom is -0.381 e. The molecule has 0 amide bonds. The Morgan fingerprint density at radius 3 is 2.75 bits per heavy atom. The van der Waals surface area contributed by atoms with Gasteiger partial charge in [0.15, 0.2) is 0 Å². The lowest BCUT2D eigenvalue weighted by molar-refractivity contribution is 0.180. The molecule has 0 radical (unpaired) electrons. The van der Waals surface area contributed by atoms with Crippen molar-refractivity contribution in [1.29, 1.82) is 5.26 Å². The normalized spacial score (nSPS) is 22.2. The molecule has 1 fully saturated rings. The van der Waals surface area contributed by atoms with Gasteiger partial charge in [-0.1, -0.05) is 13.8 Å². The lowest BCUT2D eigenvalue weighted by Crippen LogP contribution is -2.40. The summed E-state index contributed by atoms with van der Waals surface area (Å²) in [5.41, 5.74) is 0. The highest BCUT2D eigenvalue weighted by Crippen LogP contribution is 2.15. The Hall–Kier alpha value is -0.630. The van der Waals surface area contributed by atoms with Crippen LogP contribution in [0.5, 0.6) is 0 Å². The summed E-state index contributed by atoms with van der Waals surface area (Å²) in [7, 11) is 0. The van der Waals surface area contributed by atoms with Crippen molar-refractivity contribution in [3.05, 3.63) is 0 Å². The first-order valence-corrected chi connectivity index (χ1v) is 6.24. The zero-order valence-electron chi connectivity index (χ0n) is 10.4. The van der Waals surface area contributed by atoms with Crippen LogP contribution in [0.2, 0.25) is 0 Å². The van der Waals surface area contributed by atoms with Gasteiger partial charge in [0.1, 0.15) is 6.04 Å². The second-order valence-electron chi connectivity index (χ2n) is 4.21. The van der Waals surface area contributed by atoms with Crippen molar-refractivity contribution in [3.8, 4) is 6.07 Å². The van der Waals surface area contributed by atoms with E-state index in [1.165, 1.54) is 0 Å². The molecule has 1 rings (SSSR count). The summed E-state index contributed by atoms with van der Waals surface area (Å²) in [6.45, 7) is 9.91. The average molecular weight is 225 g/mol. The van der Waals surface area contributed by atoms with Crippen molar-refractivity contribution >= 4 is 0 Å². The van der Waals surface area contributed by atoms with Crippen LogP contribution in [-0.2, 0) is 4.74 Å². The largest absolute Gasteiger partial charge is 0.381 e. The predicted octanol–water partition coefficient (Wildman–Crippen LogP) is 0.846. The highest BCUT2D eigenvalue weighted by molar-refractivity contribution is 4.96. The molecule has 1 saturated heterocycles. The summed E-state index contributed by atoms with van der Waals surface area (Å²) in [4.78, 5) is 2.35. The molecule has 0 aromatic rings. The van der Waals surface area contributed by atoms with Crippen LogP contribution in [0.25, 0.3) is 0 Å². The van der Waals surface area contributed by atoms with Crippen LogP contribution < -0.4 is 5.32 Å². The molecule has 1 heterocycles. The Morgan fingerprint density at radius 1 is 1.50 bits per heavy atom. The Bertz CT molecular complexity index is 217. The first-order chi connectivity index (χ1) is 7.81. The Kier molecular flexibility index (Phi) is 6.39.